The smallest absolute Gasteiger partial charge is 0.181 e. The van der Waals surface area contributed by atoms with Gasteiger partial charge in [0.15, 0.2) is 11.6 Å². The van der Waals surface area contributed by atoms with Crippen LogP contribution in [0.4, 0.5) is 0 Å². The Morgan fingerprint density at radius 1 is 1.29 bits per heavy atom. The Kier molecular flexibility index (Phi) is 3.85. The minimum Gasteiger partial charge on any atom is -0.372 e. The topological polar surface area (TPSA) is 66.0 Å². The maximum atomic E-state index is 5.36. The molecule has 0 aliphatic heterocycles. The van der Waals surface area contributed by atoms with Crippen LogP contribution in [0.5, 0.6) is 0 Å². The lowest BCUT2D eigenvalue weighted by Gasteiger charge is -2.00. The molecule has 0 saturated heterocycles. The van der Waals surface area contributed by atoms with Crippen LogP contribution >= 0.6 is 0 Å². The maximum Gasteiger partial charge on any atom is 0.181 e. The number of hydrogen-bond donors (Lipinski definition) is 1. The molecule has 0 radical (unpaired) electrons. The molecule has 0 aliphatic rings. The van der Waals surface area contributed by atoms with Crippen molar-refractivity contribution in [2.75, 3.05) is 13.2 Å². The van der Waals surface area contributed by atoms with Crippen molar-refractivity contribution in [2.45, 2.75) is 6.61 Å². The van der Waals surface area contributed by atoms with Crippen LogP contribution in [0.1, 0.15) is 5.82 Å². The Hall–Kier alpha value is -1.72. The van der Waals surface area contributed by atoms with E-state index >= 15 is 0 Å². The molecule has 0 fully saturated rings. The second-order valence-corrected chi connectivity index (χ2v) is 3.68. The molecule has 0 spiro atoms. The number of benzene rings is 1. The Bertz CT molecular complexity index is 467. The Morgan fingerprint density at radius 3 is 2.76 bits per heavy atom. The predicted octanol–water partition coefficient (Wildman–Crippen LogP) is 0.957. The van der Waals surface area contributed by atoms with E-state index in [1.54, 1.807) is 4.68 Å². The van der Waals surface area contributed by atoms with Crippen molar-refractivity contribution >= 4 is 0 Å². The Morgan fingerprint density at radius 2 is 2.06 bits per heavy atom. The second kappa shape index (κ2) is 5.56. The highest BCUT2D eigenvalue weighted by atomic mass is 16.5. The van der Waals surface area contributed by atoms with E-state index in [9.17, 15) is 0 Å². The van der Waals surface area contributed by atoms with E-state index in [0.717, 1.165) is 17.2 Å². The van der Waals surface area contributed by atoms with Crippen molar-refractivity contribution < 1.29 is 4.74 Å². The molecule has 0 saturated carbocycles. The first kappa shape index (κ1) is 11.8. The van der Waals surface area contributed by atoms with Crippen LogP contribution in [-0.2, 0) is 18.4 Å². The normalized spacial score (nSPS) is 10.7. The van der Waals surface area contributed by atoms with Crippen LogP contribution in [0.2, 0.25) is 0 Å². The maximum absolute atomic E-state index is 5.36. The zero-order valence-electron chi connectivity index (χ0n) is 9.84. The van der Waals surface area contributed by atoms with Crippen molar-refractivity contribution in [2.24, 2.45) is 12.8 Å². The summed E-state index contributed by atoms with van der Waals surface area (Å²) in [5.74, 6) is 1.52. The molecule has 1 aromatic carbocycles. The molecule has 0 amide bonds. The van der Waals surface area contributed by atoms with Gasteiger partial charge in [-0.3, -0.25) is 4.68 Å². The highest BCUT2D eigenvalue weighted by Crippen LogP contribution is 2.14. The third-order valence-corrected chi connectivity index (χ3v) is 2.38. The first-order chi connectivity index (χ1) is 8.31. The van der Waals surface area contributed by atoms with Gasteiger partial charge in [-0.25, -0.2) is 4.98 Å². The summed E-state index contributed by atoms with van der Waals surface area (Å²) in [7, 11) is 1.86. The molecule has 5 nitrogen and oxygen atoms in total. The fourth-order valence-electron chi connectivity index (χ4n) is 1.50. The summed E-state index contributed by atoms with van der Waals surface area (Å²) >= 11 is 0. The van der Waals surface area contributed by atoms with Gasteiger partial charge in [0.1, 0.15) is 6.61 Å². The molecule has 0 aliphatic carbocycles. The zero-order chi connectivity index (χ0) is 12.1. The quantitative estimate of drug-likeness (QED) is 0.780. The third-order valence-electron chi connectivity index (χ3n) is 2.38. The molecule has 5 heteroatoms. The molecule has 2 aromatic rings. The lowest BCUT2D eigenvalue weighted by atomic mass is 10.2. The van der Waals surface area contributed by atoms with Crippen LogP contribution in [-0.4, -0.2) is 27.9 Å². The van der Waals surface area contributed by atoms with E-state index in [1.165, 1.54) is 0 Å². The van der Waals surface area contributed by atoms with Gasteiger partial charge < -0.3 is 10.5 Å². The van der Waals surface area contributed by atoms with E-state index in [1.807, 2.05) is 37.4 Å². The summed E-state index contributed by atoms with van der Waals surface area (Å²) in [5, 5.41) is 4.35. The molecule has 1 heterocycles. The number of nitrogens with zero attached hydrogens (tertiary/aromatic N) is 3. The highest BCUT2D eigenvalue weighted by Gasteiger charge is 2.08. The summed E-state index contributed by atoms with van der Waals surface area (Å²) in [6, 6.07) is 9.88. The van der Waals surface area contributed by atoms with Crippen molar-refractivity contribution in [1.82, 2.24) is 14.8 Å². The van der Waals surface area contributed by atoms with Gasteiger partial charge >= 0.3 is 0 Å². The number of aryl methyl sites for hydroxylation is 1. The third kappa shape index (κ3) is 2.89. The summed E-state index contributed by atoms with van der Waals surface area (Å²) in [6.07, 6.45) is 0. The van der Waals surface area contributed by atoms with Crippen molar-refractivity contribution in [3.63, 3.8) is 0 Å². The average Bonchev–Trinajstić information content (AvgIpc) is 2.73. The van der Waals surface area contributed by atoms with E-state index in [-0.39, 0.29) is 0 Å². The van der Waals surface area contributed by atoms with E-state index < -0.39 is 0 Å². The number of nitrogens with two attached hydrogens (primary N) is 1. The first-order valence-electron chi connectivity index (χ1n) is 5.54. The molecular weight excluding hydrogens is 216 g/mol. The highest BCUT2D eigenvalue weighted by molar-refractivity contribution is 5.53. The number of aromatic nitrogens is 3. The van der Waals surface area contributed by atoms with Gasteiger partial charge in [0.2, 0.25) is 0 Å². The van der Waals surface area contributed by atoms with E-state index in [2.05, 4.69) is 10.1 Å². The van der Waals surface area contributed by atoms with Gasteiger partial charge in [0.25, 0.3) is 0 Å². The van der Waals surface area contributed by atoms with Crippen LogP contribution in [0, 0.1) is 0 Å². The SMILES string of the molecule is Cn1nc(-c2ccccc2)nc1COCCN. The predicted molar refractivity (Wildman–Crippen MR) is 65.1 cm³/mol. The van der Waals surface area contributed by atoms with Gasteiger partial charge in [0, 0.05) is 19.2 Å². The first-order valence-corrected chi connectivity index (χ1v) is 5.54. The van der Waals surface area contributed by atoms with E-state index in [0.29, 0.717) is 19.8 Å². The summed E-state index contributed by atoms with van der Waals surface area (Å²) < 4.78 is 7.09. The average molecular weight is 232 g/mol. The van der Waals surface area contributed by atoms with E-state index in [4.69, 9.17) is 10.5 Å². The zero-order valence-corrected chi connectivity index (χ0v) is 9.84. The van der Waals surface area contributed by atoms with Gasteiger partial charge in [-0.05, 0) is 0 Å². The number of ether oxygens (including phenoxy) is 1. The van der Waals surface area contributed by atoms with Crippen molar-refractivity contribution in [1.29, 1.82) is 0 Å². The van der Waals surface area contributed by atoms with Gasteiger partial charge in [0.05, 0.1) is 6.61 Å². The number of rotatable bonds is 5. The summed E-state index contributed by atoms with van der Waals surface area (Å²) in [6.45, 7) is 1.49. The van der Waals surface area contributed by atoms with Crippen molar-refractivity contribution in [3.8, 4) is 11.4 Å². The fraction of sp³-hybridized carbons (Fsp3) is 0.333. The minimum atomic E-state index is 0.438. The molecule has 0 unspecified atom stereocenters. The molecule has 1 aromatic heterocycles. The fourth-order valence-corrected chi connectivity index (χ4v) is 1.50. The summed E-state index contributed by atoms with van der Waals surface area (Å²) in [4.78, 5) is 4.44. The molecule has 2 rings (SSSR count). The largest absolute Gasteiger partial charge is 0.372 e. The van der Waals surface area contributed by atoms with Crippen molar-refractivity contribution in [3.05, 3.63) is 36.2 Å². The summed E-state index contributed by atoms with van der Waals surface area (Å²) in [5.41, 5.74) is 6.37. The lowest BCUT2D eigenvalue weighted by molar-refractivity contribution is 0.120. The standard InChI is InChI=1S/C12H16N4O/c1-16-11(9-17-8-7-13)14-12(15-16)10-5-3-2-4-6-10/h2-6H,7-9,13H2,1H3. The minimum absolute atomic E-state index is 0.438. The monoisotopic (exact) mass is 232 g/mol. The van der Waals surface area contributed by atoms with Crippen LogP contribution in [0.25, 0.3) is 11.4 Å². The van der Waals surface area contributed by atoms with Gasteiger partial charge in [-0.15, -0.1) is 0 Å². The Balaban J connectivity index is 2.13. The Labute approximate surface area is 100 Å². The van der Waals surface area contributed by atoms with Crippen LogP contribution in [0.15, 0.2) is 30.3 Å². The van der Waals surface area contributed by atoms with Crippen LogP contribution < -0.4 is 5.73 Å². The molecule has 2 N–H and O–H groups in total. The lowest BCUT2D eigenvalue weighted by Crippen LogP contribution is -2.10. The van der Waals surface area contributed by atoms with Gasteiger partial charge in [-0.2, -0.15) is 5.10 Å². The van der Waals surface area contributed by atoms with Gasteiger partial charge in [-0.1, -0.05) is 30.3 Å². The second-order valence-electron chi connectivity index (χ2n) is 3.68. The molecular formula is C12H16N4O. The molecule has 90 valence electrons. The van der Waals surface area contributed by atoms with Crippen LogP contribution in [0.3, 0.4) is 0 Å². The molecule has 0 atom stereocenters. The molecule has 0 bridgehead atoms. The number of hydrogen-bond acceptors (Lipinski definition) is 4. The molecule has 17 heavy (non-hydrogen) atoms.